The van der Waals surface area contributed by atoms with Gasteiger partial charge in [-0.15, -0.1) is 0 Å². The van der Waals surface area contributed by atoms with Gasteiger partial charge in [0, 0.05) is 5.56 Å². The Bertz CT molecular complexity index is 877. The Kier molecular flexibility index (Phi) is 6.23. The summed E-state index contributed by atoms with van der Waals surface area (Å²) in [5.74, 6) is -1.98. The van der Waals surface area contributed by atoms with Gasteiger partial charge in [0.05, 0.1) is 13.7 Å². The van der Waals surface area contributed by atoms with Gasteiger partial charge in [0.25, 0.3) is 0 Å². The molecule has 1 aliphatic heterocycles. The molecule has 1 unspecified atom stereocenters. The SMILES string of the molecule is COC(=O)C(N)Cc1ccc(Oc2ccc(C=C3CNCO3)c(F)c2F)cc1. The largest absolute Gasteiger partial charge is 0.481 e. The van der Waals surface area contributed by atoms with Crippen LogP contribution < -0.4 is 15.8 Å². The van der Waals surface area contributed by atoms with Gasteiger partial charge < -0.3 is 19.9 Å². The van der Waals surface area contributed by atoms with Gasteiger partial charge >= 0.3 is 5.97 Å². The Morgan fingerprint density at radius 3 is 2.64 bits per heavy atom. The summed E-state index contributed by atoms with van der Waals surface area (Å²) in [7, 11) is 1.27. The van der Waals surface area contributed by atoms with Gasteiger partial charge in [-0.25, -0.2) is 4.39 Å². The van der Waals surface area contributed by atoms with Crippen LogP contribution in [0, 0.1) is 11.6 Å². The Balaban J connectivity index is 1.70. The van der Waals surface area contributed by atoms with E-state index in [9.17, 15) is 13.6 Å². The van der Waals surface area contributed by atoms with Crippen LogP contribution in [0.25, 0.3) is 6.08 Å². The summed E-state index contributed by atoms with van der Waals surface area (Å²) in [6.07, 6.45) is 1.73. The van der Waals surface area contributed by atoms with Crippen LogP contribution in [-0.2, 0) is 20.7 Å². The number of nitrogens with one attached hydrogen (secondary N) is 1. The van der Waals surface area contributed by atoms with Crippen molar-refractivity contribution in [3.05, 3.63) is 64.9 Å². The Labute approximate surface area is 160 Å². The lowest BCUT2D eigenvalue weighted by molar-refractivity contribution is -0.142. The molecule has 8 heteroatoms. The number of halogens is 2. The number of benzene rings is 2. The standard InChI is InChI=1S/C20H20F2N2O4/c1-26-20(25)16(23)8-12-2-5-14(6-3-12)28-17-7-4-13(18(21)19(17)22)9-15-10-24-11-27-15/h2-7,9,16,24H,8,10-11,23H2,1H3. The summed E-state index contributed by atoms with van der Waals surface area (Å²) < 4.78 is 43.9. The van der Waals surface area contributed by atoms with Crippen LogP contribution in [0.15, 0.2) is 42.2 Å². The van der Waals surface area contributed by atoms with Crippen molar-refractivity contribution in [3.8, 4) is 11.5 Å². The van der Waals surface area contributed by atoms with E-state index in [2.05, 4.69) is 10.1 Å². The summed E-state index contributed by atoms with van der Waals surface area (Å²) in [6.45, 7) is 0.808. The van der Waals surface area contributed by atoms with E-state index in [0.29, 0.717) is 24.8 Å². The van der Waals surface area contributed by atoms with E-state index in [1.807, 2.05) is 0 Å². The molecule has 2 aromatic rings. The van der Waals surface area contributed by atoms with Crippen molar-refractivity contribution in [2.45, 2.75) is 12.5 Å². The van der Waals surface area contributed by atoms with Crippen molar-refractivity contribution >= 4 is 12.0 Å². The summed E-state index contributed by atoms with van der Waals surface area (Å²) in [5, 5.41) is 2.93. The minimum Gasteiger partial charge on any atom is -0.481 e. The zero-order chi connectivity index (χ0) is 20.1. The van der Waals surface area contributed by atoms with E-state index in [1.165, 1.54) is 25.3 Å². The number of carbonyl (C=O) groups excluding carboxylic acids is 1. The maximum atomic E-state index is 14.3. The molecule has 0 aliphatic carbocycles. The zero-order valence-corrected chi connectivity index (χ0v) is 15.2. The van der Waals surface area contributed by atoms with Gasteiger partial charge in [0.2, 0.25) is 5.82 Å². The molecule has 6 nitrogen and oxygen atoms in total. The fourth-order valence-electron chi connectivity index (χ4n) is 2.68. The summed E-state index contributed by atoms with van der Waals surface area (Å²) >= 11 is 0. The fraction of sp³-hybridized carbons (Fsp3) is 0.250. The van der Waals surface area contributed by atoms with Crippen molar-refractivity contribution in [3.63, 3.8) is 0 Å². The lowest BCUT2D eigenvalue weighted by Crippen LogP contribution is -2.33. The summed E-state index contributed by atoms with van der Waals surface area (Å²) in [6, 6.07) is 8.56. The highest BCUT2D eigenvalue weighted by molar-refractivity contribution is 5.75. The lowest BCUT2D eigenvalue weighted by atomic mass is 10.1. The summed E-state index contributed by atoms with van der Waals surface area (Å²) in [5.41, 5.74) is 6.58. The molecule has 3 rings (SSSR count). The highest BCUT2D eigenvalue weighted by atomic mass is 19.2. The maximum Gasteiger partial charge on any atom is 0.322 e. The Hall–Kier alpha value is -2.97. The number of methoxy groups -OCH3 is 1. The van der Waals surface area contributed by atoms with Gasteiger partial charge in [-0.2, -0.15) is 4.39 Å². The van der Waals surface area contributed by atoms with Crippen LogP contribution in [0.3, 0.4) is 0 Å². The maximum absolute atomic E-state index is 14.3. The molecule has 1 atom stereocenters. The molecule has 2 aromatic carbocycles. The molecule has 28 heavy (non-hydrogen) atoms. The molecule has 0 aromatic heterocycles. The van der Waals surface area contributed by atoms with E-state index in [4.69, 9.17) is 15.2 Å². The average molecular weight is 390 g/mol. The molecule has 3 N–H and O–H groups in total. The molecule has 1 fully saturated rings. The molecule has 0 radical (unpaired) electrons. The first-order valence-electron chi connectivity index (χ1n) is 8.60. The van der Waals surface area contributed by atoms with Crippen molar-refractivity contribution in [2.75, 3.05) is 20.4 Å². The predicted octanol–water partition coefficient (Wildman–Crippen LogP) is 2.72. The van der Waals surface area contributed by atoms with Crippen LogP contribution in [0.5, 0.6) is 11.5 Å². The average Bonchev–Trinajstić information content (AvgIpc) is 3.21. The van der Waals surface area contributed by atoms with Crippen LogP contribution >= 0.6 is 0 Å². The van der Waals surface area contributed by atoms with Crippen LogP contribution in [0.2, 0.25) is 0 Å². The number of rotatable bonds is 6. The lowest BCUT2D eigenvalue weighted by Gasteiger charge is -2.11. The quantitative estimate of drug-likeness (QED) is 0.738. The second kappa shape index (κ2) is 8.81. The minimum absolute atomic E-state index is 0.0793. The predicted molar refractivity (Wildman–Crippen MR) is 98.5 cm³/mol. The fourth-order valence-corrected chi connectivity index (χ4v) is 2.68. The van der Waals surface area contributed by atoms with Crippen LogP contribution in [0.4, 0.5) is 8.78 Å². The first-order valence-corrected chi connectivity index (χ1v) is 8.60. The van der Waals surface area contributed by atoms with Crippen LogP contribution in [-0.4, -0.2) is 32.4 Å². The molecule has 148 valence electrons. The van der Waals surface area contributed by atoms with Crippen molar-refractivity contribution in [1.82, 2.24) is 5.32 Å². The number of carbonyl (C=O) groups is 1. The number of hydrogen-bond donors (Lipinski definition) is 2. The smallest absolute Gasteiger partial charge is 0.322 e. The molecule has 0 bridgehead atoms. The van der Waals surface area contributed by atoms with Crippen molar-refractivity contribution < 1.29 is 27.8 Å². The van der Waals surface area contributed by atoms with Gasteiger partial charge in [-0.05, 0) is 42.3 Å². The molecule has 1 heterocycles. The first kappa shape index (κ1) is 19.8. The monoisotopic (exact) mass is 390 g/mol. The third-order valence-corrected chi connectivity index (χ3v) is 4.16. The third-order valence-electron chi connectivity index (χ3n) is 4.16. The third kappa shape index (κ3) is 4.65. The molecular formula is C20H20F2N2O4. The Morgan fingerprint density at radius 2 is 2.00 bits per heavy atom. The van der Waals surface area contributed by atoms with Gasteiger partial charge in [0.1, 0.15) is 24.3 Å². The van der Waals surface area contributed by atoms with Gasteiger partial charge in [-0.1, -0.05) is 12.1 Å². The molecule has 0 amide bonds. The van der Waals surface area contributed by atoms with Crippen molar-refractivity contribution in [2.24, 2.45) is 5.73 Å². The van der Waals surface area contributed by atoms with E-state index in [1.54, 1.807) is 24.3 Å². The minimum atomic E-state index is -1.09. The number of nitrogens with two attached hydrogens (primary N) is 1. The van der Waals surface area contributed by atoms with E-state index in [-0.39, 0.29) is 17.7 Å². The van der Waals surface area contributed by atoms with Gasteiger partial charge in [-0.3, -0.25) is 10.1 Å². The molecule has 0 saturated carbocycles. The normalized spacial score (nSPS) is 15.9. The van der Waals surface area contributed by atoms with E-state index >= 15 is 0 Å². The second-order valence-corrected chi connectivity index (χ2v) is 6.19. The van der Waals surface area contributed by atoms with E-state index in [0.717, 1.165) is 5.56 Å². The molecule has 0 spiro atoms. The van der Waals surface area contributed by atoms with Crippen LogP contribution in [0.1, 0.15) is 11.1 Å². The summed E-state index contributed by atoms with van der Waals surface area (Å²) in [4.78, 5) is 11.4. The molecule has 1 saturated heterocycles. The molecule has 1 aliphatic rings. The second-order valence-electron chi connectivity index (χ2n) is 6.19. The van der Waals surface area contributed by atoms with Gasteiger partial charge in [0.15, 0.2) is 11.6 Å². The number of esters is 1. The topological polar surface area (TPSA) is 82.8 Å². The highest BCUT2D eigenvalue weighted by Gasteiger charge is 2.17. The zero-order valence-electron chi connectivity index (χ0n) is 15.2. The van der Waals surface area contributed by atoms with Crippen molar-refractivity contribution in [1.29, 1.82) is 0 Å². The first-order chi connectivity index (χ1) is 13.5. The Morgan fingerprint density at radius 1 is 1.25 bits per heavy atom. The highest BCUT2D eigenvalue weighted by Crippen LogP contribution is 2.29. The molecular weight excluding hydrogens is 370 g/mol. The van der Waals surface area contributed by atoms with E-state index < -0.39 is 23.6 Å². The number of ether oxygens (including phenoxy) is 3. The number of hydrogen-bond acceptors (Lipinski definition) is 6.